The van der Waals surface area contributed by atoms with E-state index in [-0.39, 0.29) is 5.82 Å². The molecule has 5 nitrogen and oxygen atoms in total. The lowest BCUT2D eigenvalue weighted by atomic mass is 10.3. The first-order valence-electron chi connectivity index (χ1n) is 6.90. The summed E-state index contributed by atoms with van der Waals surface area (Å²) >= 11 is 1.44. The van der Waals surface area contributed by atoms with Crippen molar-refractivity contribution in [2.75, 3.05) is 12.4 Å². The van der Waals surface area contributed by atoms with Gasteiger partial charge in [-0.15, -0.1) is 11.8 Å². The molecule has 25 heavy (non-hydrogen) atoms. The highest BCUT2D eigenvalue weighted by molar-refractivity contribution is 7.99. The zero-order chi connectivity index (χ0) is 18.7. The SMILES string of the molecule is CCSc1cccnc1-c1ncc(OCC(F)(F)C(F)(F)F)c(=O)[nH]1. The van der Waals surface area contributed by atoms with Crippen LogP contribution < -0.4 is 10.3 Å². The molecule has 2 heterocycles. The smallest absolute Gasteiger partial charge is 0.456 e. The minimum absolute atomic E-state index is 0.0523. The Morgan fingerprint density at radius 1 is 1.24 bits per heavy atom. The van der Waals surface area contributed by atoms with Crippen molar-refractivity contribution in [2.45, 2.75) is 23.9 Å². The molecule has 2 aromatic heterocycles. The second-order valence-electron chi connectivity index (χ2n) is 4.70. The van der Waals surface area contributed by atoms with E-state index in [1.54, 1.807) is 12.1 Å². The van der Waals surface area contributed by atoms with Crippen molar-refractivity contribution < 1.29 is 26.7 Å². The van der Waals surface area contributed by atoms with E-state index in [9.17, 15) is 26.7 Å². The number of rotatable bonds is 6. The van der Waals surface area contributed by atoms with Crippen molar-refractivity contribution >= 4 is 11.8 Å². The van der Waals surface area contributed by atoms with Gasteiger partial charge in [-0.05, 0) is 17.9 Å². The van der Waals surface area contributed by atoms with Crippen LogP contribution in [-0.4, -0.2) is 39.4 Å². The molecule has 136 valence electrons. The Labute approximate surface area is 142 Å². The number of aromatic amines is 1. The summed E-state index contributed by atoms with van der Waals surface area (Å²) in [5, 5.41) is 0. The minimum atomic E-state index is -5.77. The normalized spacial score (nSPS) is 12.2. The summed E-state index contributed by atoms with van der Waals surface area (Å²) in [7, 11) is 0. The fourth-order valence-electron chi connectivity index (χ4n) is 1.70. The summed E-state index contributed by atoms with van der Waals surface area (Å²) in [5.41, 5.74) is -0.625. The van der Waals surface area contributed by atoms with E-state index in [2.05, 4.69) is 19.7 Å². The molecule has 0 saturated carbocycles. The molecule has 2 rings (SSSR count). The van der Waals surface area contributed by atoms with E-state index in [0.717, 1.165) is 16.8 Å². The lowest BCUT2D eigenvalue weighted by Crippen LogP contribution is -2.42. The van der Waals surface area contributed by atoms with Crippen molar-refractivity contribution in [1.29, 1.82) is 0 Å². The van der Waals surface area contributed by atoms with Crippen molar-refractivity contribution in [3.63, 3.8) is 0 Å². The van der Waals surface area contributed by atoms with Gasteiger partial charge >= 0.3 is 12.1 Å². The van der Waals surface area contributed by atoms with Gasteiger partial charge in [-0.3, -0.25) is 9.78 Å². The Bertz CT molecular complexity index is 795. The molecule has 0 saturated heterocycles. The van der Waals surface area contributed by atoms with Gasteiger partial charge in [-0.25, -0.2) is 4.98 Å². The van der Waals surface area contributed by atoms with Crippen LogP contribution in [0.4, 0.5) is 22.0 Å². The molecule has 1 N–H and O–H groups in total. The van der Waals surface area contributed by atoms with Gasteiger partial charge in [-0.2, -0.15) is 22.0 Å². The number of alkyl halides is 5. The number of H-pyrrole nitrogens is 1. The summed E-state index contributed by atoms with van der Waals surface area (Å²) in [6.45, 7) is -0.101. The highest BCUT2D eigenvalue weighted by Gasteiger charge is 2.58. The quantitative estimate of drug-likeness (QED) is 0.613. The first-order chi connectivity index (χ1) is 11.7. The molecule has 0 aliphatic carbocycles. The molecule has 0 aliphatic rings. The van der Waals surface area contributed by atoms with Crippen LogP contribution in [0, 0.1) is 0 Å². The second kappa shape index (κ2) is 7.38. The van der Waals surface area contributed by atoms with E-state index in [4.69, 9.17) is 0 Å². The summed E-state index contributed by atoms with van der Waals surface area (Å²) in [6.07, 6.45) is -3.51. The fourth-order valence-corrected chi connectivity index (χ4v) is 2.47. The van der Waals surface area contributed by atoms with Crippen molar-refractivity contribution in [3.8, 4) is 17.3 Å². The summed E-state index contributed by atoms with van der Waals surface area (Å²) in [5.74, 6) is -5.04. The second-order valence-corrected chi connectivity index (χ2v) is 6.01. The number of thioether (sulfide) groups is 1. The summed E-state index contributed by atoms with van der Waals surface area (Å²) in [6, 6.07) is 3.45. The summed E-state index contributed by atoms with van der Waals surface area (Å²) < 4.78 is 66.3. The third-order valence-electron chi connectivity index (χ3n) is 2.89. The van der Waals surface area contributed by atoms with Crippen LogP contribution in [0.5, 0.6) is 5.75 Å². The molecular weight excluding hydrogens is 369 g/mol. The van der Waals surface area contributed by atoms with Gasteiger partial charge in [0.2, 0.25) is 5.75 Å². The average molecular weight is 381 g/mol. The van der Waals surface area contributed by atoms with Gasteiger partial charge in [0.15, 0.2) is 12.4 Å². The molecule has 0 aliphatic heterocycles. The average Bonchev–Trinajstić information content (AvgIpc) is 2.53. The molecule has 0 atom stereocenters. The largest absolute Gasteiger partial charge is 0.480 e. The third-order valence-corrected chi connectivity index (χ3v) is 3.81. The standard InChI is InChI=1S/C14H12F5N3O2S/c1-2-25-9-4-3-5-20-10(9)11-21-6-8(12(23)22-11)24-7-13(15,16)14(17,18)19/h3-6H,2,7H2,1H3,(H,21,22,23). The number of ether oxygens (including phenoxy) is 1. The molecule has 0 amide bonds. The number of aromatic nitrogens is 3. The molecule has 0 fully saturated rings. The number of hydrogen-bond donors (Lipinski definition) is 1. The highest BCUT2D eigenvalue weighted by atomic mass is 32.2. The maximum atomic E-state index is 12.8. The van der Waals surface area contributed by atoms with Gasteiger partial charge in [0.1, 0.15) is 5.69 Å². The number of nitrogens with zero attached hydrogens (tertiary/aromatic N) is 2. The van der Waals surface area contributed by atoms with Crippen LogP contribution in [0.25, 0.3) is 11.5 Å². The van der Waals surface area contributed by atoms with Gasteiger partial charge in [0.25, 0.3) is 5.56 Å². The summed E-state index contributed by atoms with van der Waals surface area (Å²) in [4.78, 5) is 22.8. The maximum absolute atomic E-state index is 12.8. The van der Waals surface area contributed by atoms with Crippen molar-refractivity contribution in [2.24, 2.45) is 0 Å². The highest BCUT2D eigenvalue weighted by Crippen LogP contribution is 2.35. The van der Waals surface area contributed by atoms with Gasteiger partial charge in [-0.1, -0.05) is 6.92 Å². The topological polar surface area (TPSA) is 67.9 Å². The zero-order valence-corrected chi connectivity index (χ0v) is 13.5. The van der Waals surface area contributed by atoms with E-state index in [1.807, 2.05) is 6.92 Å². The Kier molecular flexibility index (Phi) is 5.65. The Balaban J connectivity index is 2.24. The number of pyridine rings is 1. The predicted octanol–water partition coefficient (Wildman–Crippen LogP) is 3.52. The van der Waals surface area contributed by atoms with Crippen LogP contribution in [0.3, 0.4) is 0 Å². The van der Waals surface area contributed by atoms with Gasteiger partial charge in [0.05, 0.1) is 6.20 Å². The van der Waals surface area contributed by atoms with Crippen LogP contribution in [0.2, 0.25) is 0 Å². The van der Waals surface area contributed by atoms with E-state index < -0.39 is 30.0 Å². The molecule has 0 bridgehead atoms. The van der Waals surface area contributed by atoms with E-state index >= 15 is 0 Å². The number of halogens is 5. The number of hydrogen-bond acceptors (Lipinski definition) is 5. The molecular formula is C14H12F5N3O2S. The number of nitrogens with one attached hydrogen (secondary N) is 1. The zero-order valence-electron chi connectivity index (χ0n) is 12.7. The Hall–Kier alpha value is -2.17. The van der Waals surface area contributed by atoms with Crippen molar-refractivity contribution in [1.82, 2.24) is 15.0 Å². The monoisotopic (exact) mass is 381 g/mol. The van der Waals surface area contributed by atoms with E-state index in [0.29, 0.717) is 5.69 Å². The van der Waals surface area contributed by atoms with Gasteiger partial charge in [0, 0.05) is 11.1 Å². The molecule has 0 unspecified atom stereocenters. The fraction of sp³-hybridized carbons (Fsp3) is 0.357. The Morgan fingerprint density at radius 3 is 2.56 bits per heavy atom. The minimum Gasteiger partial charge on any atom is -0.480 e. The molecule has 0 radical (unpaired) electrons. The van der Waals surface area contributed by atoms with E-state index in [1.165, 1.54) is 18.0 Å². The van der Waals surface area contributed by atoms with Crippen LogP contribution >= 0.6 is 11.8 Å². The molecule has 0 spiro atoms. The molecule has 0 aromatic carbocycles. The molecule has 2 aromatic rings. The lowest BCUT2D eigenvalue weighted by molar-refractivity contribution is -0.290. The first kappa shape index (κ1) is 19.2. The van der Waals surface area contributed by atoms with Crippen LogP contribution in [0.1, 0.15) is 6.92 Å². The van der Waals surface area contributed by atoms with Crippen LogP contribution in [-0.2, 0) is 0 Å². The maximum Gasteiger partial charge on any atom is 0.456 e. The Morgan fingerprint density at radius 2 is 1.96 bits per heavy atom. The first-order valence-corrected chi connectivity index (χ1v) is 7.89. The predicted molar refractivity (Wildman–Crippen MR) is 81.0 cm³/mol. The third kappa shape index (κ3) is 4.47. The van der Waals surface area contributed by atoms with Crippen molar-refractivity contribution in [3.05, 3.63) is 34.9 Å². The lowest BCUT2D eigenvalue weighted by Gasteiger charge is -2.19. The molecule has 11 heteroatoms. The van der Waals surface area contributed by atoms with Gasteiger partial charge < -0.3 is 9.72 Å². The van der Waals surface area contributed by atoms with Crippen LogP contribution in [0.15, 0.2) is 34.2 Å².